The second kappa shape index (κ2) is 6.73. The maximum atomic E-state index is 12.2. The van der Waals surface area contributed by atoms with Crippen LogP contribution >= 0.6 is 23.1 Å². The van der Waals surface area contributed by atoms with Crippen LogP contribution in [0.2, 0.25) is 0 Å². The molecule has 2 heterocycles. The summed E-state index contributed by atoms with van der Waals surface area (Å²) < 4.78 is 1.26. The van der Waals surface area contributed by atoms with Crippen molar-refractivity contribution < 1.29 is 4.79 Å². The number of rotatable bonds is 5. The molecule has 0 aromatic carbocycles. The van der Waals surface area contributed by atoms with Gasteiger partial charge in [-0.15, -0.1) is 23.1 Å². The van der Waals surface area contributed by atoms with Crippen LogP contribution in [-0.4, -0.2) is 35.6 Å². The quantitative estimate of drug-likeness (QED) is 0.603. The van der Waals surface area contributed by atoms with Crippen molar-refractivity contribution in [2.45, 2.75) is 42.6 Å². The molecular formula is C14H21NOS2. The number of carbonyl (C=O) groups is 1. The van der Waals surface area contributed by atoms with E-state index in [-0.39, 0.29) is 5.78 Å². The molecule has 100 valence electrons. The third-order valence-electron chi connectivity index (χ3n) is 3.02. The van der Waals surface area contributed by atoms with E-state index < -0.39 is 0 Å². The summed E-state index contributed by atoms with van der Waals surface area (Å²) in [6.07, 6.45) is 3.80. The summed E-state index contributed by atoms with van der Waals surface area (Å²) in [5, 5.41) is 0.577. The number of thioether (sulfide) groups is 1. The molecule has 2 nitrogen and oxygen atoms in total. The van der Waals surface area contributed by atoms with E-state index in [1.165, 1.54) is 23.5 Å². The van der Waals surface area contributed by atoms with E-state index in [0.29, 0.717) is 11.8 Å². The molecule has 1 aromatic rings. The van der Waals surface area contributed by atoms with Gasteiger partial charge in [-0.25, -0.2) is 0 Å². The maximum absolute atomic E-state index is 12.2. The van der Waals surface area contributed by atoms with Gasteiger partial charge in [0.15, 0.2) is 5.78 Å². The molecule has 0 bridgehead atoms. The highest BCUT2D eigenvalue weighted by molar-refractivity contribution is 8.01. The maximum Gasteiger partial charge on any atom is 0.186 e. The second-order valence-electron chi connectivity index (χ2n) is 5.05. The molecule has 0 unspecified atom stereocenters. The topological polar surface area (TPSA) is 20.3 Å². The Bertz CT molecular complexity index is 394. The van der Waals surface area contributed by atoms with E-state index in [9.17, 15) is 4.79 Å². The van der Waals surface area contributed by atoms with E-state index >= 15 is 0 Å². The molecule has 0 N–H and O–H groups in total. The molecule has 1 saturated heterocycles. The van der Waals surface area contributed by atoms with Crippen LogP contribution in [0, 0.1) is 0 Å². The molecule has 0 aliphatic carbocycles. The van der Waals surface area contributed by atoms with Crippen molar-refractivity contribution in [1.82, 2.24) is 4.90 Å². The van der Waals surface area contributed by atoms with Crippen molar-refractivity contribution in [3.63, 3.8) is 0 Å². The Balaban J connectivity index is 1.89. The standard InChI is InChI=1S/C14H21NOS2/c1-11(2)17-14-7-6-13(18-14)12(16)10-15-8-4-3-5-9-15/h6-7,11H,3-5,8-10H2,1-2H3. The van der Waals surface area contributed by atoms with Crippen LogP contribution in [0.15, 0.2) is 16.3 Å². The summed E-state index contributed by atoms with van der Waals surface area (Å²) in [7, 11) is 0. The SMILES string of the molecule is CC(C)Sc1ccc(C(=O)CN2CCCCC2)s1. The van der Waals surface area contributed by atoms with Crippen molar-refractivity contribution in [1.29, 1.82) is 0 Å². The normalized spacial score (nSPS) is 17.3. The monoisotopic (exact) mass is 283 g/mol. The van der Waals surface area contributed by atoms with Gasteiger partial charge in [-0.1, -0.05) is 20.3 Å². The lowest BCUT2D eigenvalue weighted by atomic mass is 10.1. The zero-order valence-corrected chi connectivity index (χ0v) is 12.8. The predicted molar refractivity (Wildman–Crippen MR) is 79.9 cm³/mol. The van der Waals surface area contributed by atoms with Gasteiger partial charge >= 0.3 is 0 Å². The molecule has 1 fully saturated rings. The summed E-state index contributed by atoms with van der Waals surface area (Å²) in [4.78, 5) is 15.4. The molecule has 0 atom stereocenters. The molecule has 0 saturated carbocycles. The lowest BCUT2D eigenvalue weighted by molar-refractivity contribution is 0.0920. The Hall–Kier alpha value is -0.320. The largest absolute Gasteiger partial charge is 0.296 e. The van der Waals surface area contributed by atoms with E-state index in [0.717, 1.165) is 18.0 Å². The molecule has 0 radical (unpaired) electrons. The number of likely N-dealkylation sites (tertiary alicyclic amines) is 1. The summed E-state index contributed by atoms with van der Waals surface area (Å²) >= 11 is 3.48. The Morgan fingerprint density at radius 2 is 2.06 bits per heavy atom. The number of hydrogen-bond donors (Lipinski definition) is 0. The van der Waals surface area contributed by atoms with Gasteiger partial charge in [0.1, 0.15) is 0 Å². The van der Waals surface area contributed by atoms with E-state index in [2.05, 4.69) is 24.8 Å². The summed E-state index contributed by atoms with van der Waals surface area (Å²) in [6.45, 7) is 7.14. The van der Waals surface area contributed by atoms with Crippen molar-refractivity contribution >= 4 is 28.9 Å². The van der Waals surface area contributed by atoms with Gasteiger partial charge in [0.25, 0.3) is 0 Å². The predicted octanol–water partition coefficient (Wildman–Crippen LogP) is 3.92. The second-order valence-corrected chi connectivity index (χ2v) is 8.01. The van der Waals surface area contributed by atoms with Crippen molar-refractivity contribution in [3.8, 4) is 0 Å². The Morgan fingerprint density at radius 1 is 1.33 bits per heavy atom. The average molecular weight is 283 g/mol. The number of carbonyl (C=O) groups excluding carboxylic acids is 1. The molecule has 18 heavy (non-hydrogen) atoms. The van der Waals surface area contributed by atoms with Gasteiger partial charge in [0.2, 0.25) is 0 Å². The van der Waals surface area contributed by atoms with Crippen LogP contribution in [0.4, 0.5) is 0 Å². The fourth-order valence-corrected chi connectivity index (χ4v) is 4.48. The van der Waals surface area contributed by atoms with Crippen LogP contribution in [0.1, 0.15) is 42.8 Å². The van der Waals surface area contributed by atoms with Crippen LogP contribution < -0.4 is 0 Å². The Kier molecular flexibility index (Phi) is 5.27. The van der Waals surface area contributed by atoms with Gasteiger partial charge in [0.05, 0.1) is 15.6 Å². The minimum atomic E-state index is 0.289. The van der Waals surface area contributed by atoms with Gasteiger partial charge in [-0.2, -0.15) is 0 Å². The molecule has 1 aliphatic rings. The zero-order valence-electron chi connectivity index (χ0n) is 11.1. The minimum Gasteiger partial charge on any atom is -0.296 e. The first-order valence-electron chi connectivity index (χ1n) is 6.67. The summed E-state index contributed by atoms with van der Waals surface area (Å²) in [5.74, 6) is 0.289. The first-order chi connectivity index (χ1) is 8.65. The molecule has 4 heteroatoms. The average Bonchev–Trinajstić information content (AvgIpc) is 2.78. The number of Topliss-reactive ketones (excluding diaryl/α,β-unsaturated/α-hetero) is 1. The molecule has 2 rings (SSSR count). The number of ketones is 1. The Labute approximate surface area is 118 Å². The van der Waals surface area contributed by atoms with Crippen LogP contribution in [0.5, 0.6) is 0 Å². The highest BCUT2D eigenvalue weighted by atomic mass is 32.2. The highest BCUT2D eigenvalue weighted by Crippen LogP contribution is 2.30. The smallest absolute Gasteiger partial charge is 0.186 e. The third kappa shape index (κ3) is 4.11. The van der Waals surface area contributed by atoms with Crippen LogP contribution in [-0.2, 0) is 0 Å². The molecule has 0 amide bonds. The highest BCUT2D eigenvalue weighted by Gasteiger charge is 2.16. The molecule has 0 spiro atoms. The number of hydrogen-bond acceptors (Lipinski definition) is 4. The minimum absolute atomic E-state index is 0.289. The fraction of sp³-hybridized carbons (Fsp3) is 0.643. The fourth-order valence-electron chi connectivity index (χ4n) is 2.16. The van der Waals surface area contributed by atoms with Gasteiger partial charge in [0, 0.05) is 5.25 Å². The third-order valence-corrected chi connectivity index (χ3v) is 5.32. The zero-order chi connectivity index (χ0) is 13.0. The lowest BCUT2D eigenvalue weighted by Gasteiger charge is -2.25. The first kappa shape index (κ1) is 14.1. The van der Waals surface area contributed by atoms with Gasteiger partial charge in [-0.05, 0) is 38.1 Å². The van der Waals surface area contributed by atoms with E-state index in [1.54, 1.807) is 11.3 Å². The molecule has 1 aromatic heterocycles. The van der Waals surface area contributed by atoms with E-state index in [1.807, 2.05) is 17.8 Å². The van der Waals surface area contributed by atoms with Crippen molar-refractivity contribution in [2.24, 2.45) is 0 Å². The summed E-state index contributed by atoms with van der Waals surface area (Å²) in [5.41, 5.74) is 0. The van der Waals surface area contributed by atoms with Crippen LogP contribution in [0.3, 0.4) is 0 Å². The number of nitrogens with zero attached hydrogens (tertiary/aromatic N) is 1. The van der Waals surface area contributed by atoms with Gasteiger partial charge < -0.3 is 0 Å². The first-order valence-corrected chi connectivity index (χ1v) is 8.37. The van der Waals surface area contributed by atoms with Gasteiger partial charge in [-0.3, -0.25) is 9.69 Å². The number of thiophene rings is 1. The van der Waals surface area contributed by atoms with Crippen LogP contribution in [0.25, 0.3) is 0 Å². The Morgan fingerprint density at radius 3 is 2.72 bits per heavy atom. The summed E-state index contributed by atoms with van der Waals surface area (Å²) in [6, 6.07) is 4.07. The molecule has 1 aliphatic heterocycles. The molecular weight excluding hydrogens is 262 g/mol. The van der Waals surface area contributed by atoms with Crippen molar-refractivity contribution in [2.75, 3.05) is 19.6 Å². The van der Waals surface area contributed by atoms with Crippen molar-refractivity contribution in [3.05, 3.63) is 17.0 Å². The lowest BCUT2D eigenvalue weighted by Crippen LogP contribution is -2.34. The number of piperidine rings is 1. The van der Waals surface area contributed by atoms with E-state index in [4.69, 9.17) is 0 Å².